The summed E-state index contributed by atoms with van der Waals surface area (Å²) in [4.78, 5) is 13.6. The van der Waals surface area contributed by atoms with Crippen LogP contribution < -0.4 is 15.4 Å². The van der Waals surface area contributed by atoms with Crippen molar-refractivity contribution in [3.63, 3.8) is 0 Å². The Hall–Kier alpha value is -2.20. The topological polar surface area (TPSA) is 68.2 Å². The van der Waals surface area contributed by atoms with E-state index in [1.165, 1.54) is 17.4 Å². The van der Waals surface area contributed by atoms with Crippen molar-refractivity contribution in [2.75, 3.05) is 19.7 Å². The lowest BCUT2D eigenvalue weighted by molar-refractivity contribution is 0.0928. The Morgan fingerprint density at radius 3 is 2.97 bits per heavy atom. The van der Waals surface area contributed by atoms with Gasteiger partial charge in [-0.15, -0.1) is 12.4 Å². The van der Waals surface area contributed by atoms with Crippen molar-refractivity contribution in [1.29, 1.82) is 0 Å². The van der Waals surface area contributed by atoms with Crippen molar-refractivity contribution in [2.45, 2.75) is 24.9 Å². The molecule has 1 aromatic carbocycles. The molecule has 1 amide bonds. The molecular formula is C21H20Cl2F2N4O2S. The van der Waals surface area contributed by atoms with E-state index in [1.807, 2.05) is 0 Å². The molecule has 1 fully saturated rings. The number of piperidine rings is 1. The molecule has 0 radical (unpaired) electrons. The quantitative estimate of drug-likeness (QED) is 0.564. The van der Waals surface area contributed by atoms with Gasteiger partial charge in [-0.25, -0.2) is 8.78 Å². The molecule has 0 bridgehead atoms. The van der Waals surface area contributed by atoms with Crippen molar-refractivity contribution < 1.29 is 18.3 Å². The predicted octanol–water partition coefficient (Wildman–Crippen LogP) is 4.23. The van der Waals surface area contributed by atoms with E-state index in [9.17, 15) is 13.6 Å². The van der Waals surface area contributed by atoms with Gasteiger partial charge in [0.25, 0.3) is 5.91 Å². The molecule has 4 heterocycles. The van der Waals surface area contributed by atoms with Crippen molar-refractivity contribution in [1.82, 2.24) is 20.4 Å². The first-order valence-corrected chi connectivity index (χ1v) is 11.2. The van der Waals surface area contributed by atoms with Gasteiger partial charge >= 0.3 is 0 Å². The Bertz CT molecular complexity index is 1150. The molecule has 32 heavy (non-hydrogen) atoms. The summed E-state index contributed by atoms with van der Waals surface area (Å²) in [5.74, 6) is -2.12. The first-order valence-electron chi connectivity index (χ1n) is 9.96. The van der Waals surface area contributed by atoms with Gasteiger partial charge in [0, 0.05) is 18.5 Å². The van der Waals surface area contributed by atoms with Crippen LogP contribution in [0.4, 0.5) is 8.78 Å². The summed E-state index contributed by atoms with van der Waals surface area (Å²) < 4.78 is 34.7. The predicted molar refractivity (Wildman–Crippen MR) is 121 cm³/mol. The largest absolute Gasteiger partial charge is 0.481 e. The molecule has 1 saturated heterocycles. The molecule has 0 unspecified atom stereocenters. The average Bonchev–Trinajstić information content (AvgIpc) is 3.29. The maximum absolute atomic E-state index is 13.8. The highest BCUT2D eigenvalue weighted by molar-refractivity contribution is 7.16. The number of hydrogen-bond donors (Lipinski definition) is 2. The molecule has 11 heteroatoms. The van der Waals surface area contributed by atoms with E-state index >= 15 is 0 Å². The summed E-state index contributed by atoms with van der Waals surface area (Å²) in [6.07, 6.45) is 2.29. The highest BCUT2D eigenvalue weighted by atomic mass is 35.5. The first-order chi connectivity index (χ1) is 15.0. The molecule has 0 aliphatic carbocycles. The maximum atomic E-state index is 13.8. The number of halogens is 4. The monoisotopic (exact) mass is 500 g/mol. The summed E-state index contributed by atoms with van der Waals surface area (Å²) >= 11 is 7.57. The minimum Gasteiger partial charge on any atom is -0.481 e. The zero-order chi connectivity index (χ0) is 21.5. The van der Waals surface area contributed by atoms with E-state index in [2.05, 4.69) is 15.7 Å². The number of carbonyl (C=O) groups is 1. The van der Waals surface area contributed by atoms with Crippen LogP contribution in [0.2, 0.25) is 5.02 Å². The molecule has 0 spiro atoms. The van der Waals surface area contributed by atoms with Gasteiger partial charge in [-0.2, -0.15) is 5.10 Å². The average molecular weight is 501 g/mol. The number of hydrogen-bond acceptors (Lipinski definition) is 5. The molecular weight excluding hydrogens is 481 g/mol. The Morgan fingerprint density at radius 2 is 2.16 bits per heavy atom. The molecule has 2 aromatic heterocycles. The maximum Gasteiger partial charge on any atom is 0.261 e. The third kappa shape index (κ3) is 4.22. The van der Waals surface area contributed by atoms with Crippen LogP contribution in [0.25, 0.3) is 11.3 Å². The molecule has 3 aromatic rings. The lowest BCUT2D eigenvalue weighted by Gasteiger charge is -2.33. The third-order valence-electron chi connectivity index (χ3n) is 5.68. The summed E-state index contributed by atoms with van der Waals surface area (Å²) in [7, 11) is 0. The first kappa shape index (κ1) is 23.0. The molecule has 2 atom stereocenters. The van der Waals surface area contributed by atoms with Crippen molar-refractivity contribution in [2.24, 2.45) is 0 Å². The second-order valence-corrected chi connectivity index (χ2v) is 9.00. The van der Waals surface area contributed by atoms with E-state index in [0.29, 0.717) is 46.6 Å². The lowest BCUT2D eigenvalue weighted by atomic mass is 9.86. The number of nitrogens with zero attached hydrogens (tertiary/aromatic N) is 2. The summed E-state index contributed by atoms with van der Waals surface area (Å²) in [6.45, 7) is 2.29. The third-order valence-corrected chi connectivity index (χ3v) is 7.00. The highest BCUT2D eigenvalue weighted by Gasteiger charge is 2.30. The van der Waals surface area contributed by atoms with Crippen LogP contribution in [-0.2, 0) is 6.54 Å². The van der Waals surface area contributed by atoms with Crippen LogP contribution in [0.3, 0.4) is 0 Å². The zero-order valence-corrected chi connectivity index (χ0v) is 19.1. The van der Waals surface area contributed by atoms with Crippen LogP contribution in [0.15, 0.2) is 30.5 Å². The zero-order valence-electron chi connectivity index (χ0n) is 16.7. The summed E-state index contributed by atoms with van der Waals surface area (Å²) in [5, 5.41) is 11.7. The number of rotatable bonds is 3. The van der Waals surface area contributed by atoms with Crippen LogP contribution in [0, 0.1) is 11.6 Å². The molecule has 5 rings (SSSR count). The van der Waals surface area contributed by atoms with Crippen LogP contribution in [0.5, 0.6) is 5.06 Å². The molecule has 170 valence electrons. The standard InChI is InChI=1S/C21H19ClF2N4O2S.ClH/c22-14-9-26-28-5-6-30-21-13(19(14)28)8-18(31-21)20(29)27-17-10-25-4-3-12(17)11-1-2-15(23)16(24)7-11;/h1-2,7-9,12,17,25H,3-6,10H2,(H,27,29);1H/t12-,17+;/m0./s1. The highest BCUT2D eigenvalue weighted by Crippen LogP contribution is 2.42. The normalized spacial score (nSPS) is 19.7. The number of aromatic nitrogens is 2. The second kappa shape index (κ2) is 9.35. The van der Waals surface area contributed by atoms with Gasteiger partial charge in [-0.1, -0.05) is 29.0 Å². The van der Waals surface area contributed by atoms with Gasteiger partial charge < -0.3 is 15.4 Å². The number of ether oxygens (including phenoxy) is 1. The fourth-order valence-electron chi connectivity index (χ4n) is 4.17. The Morgan fingerprint density at radius 1 is 1.31 bits per heavy atom. The van der Waals surface area contributed by atoms with Crippen molar-refractivity contribution in [3.05, 3.63) is 57.6 Å². The van der Waals surface area contributed by atoms with E-state index < -0.39 is 11.6 Å². The SMILES string of the molecule is Cl.O=C(N[C@@H]1CNCC[C@H]1c1ccc(F)c(F)c1)c1cc2c(s1)OCCn1ncc(Cl)c1-2. The number of nitrogens with one attached hydrogen (secondary N) is 2. The molecule has 2 aliphatic heterocycles. The minimum atomic E-state index is -0.881. The van der Waals surface area contributed by atoms with Crippen LogP contribution >= 0.6 is 35.3 Å². The van der Waals surface area contributed by atoms with Crippen LogP contribution in [0.1, 0.15) is 27.6 Å². The number of thiophene rings is 1. The Balaban J connectivity index is 0.00000245. The van der Waals surface area contributed by atoms with Gasteiger partial charge in [0.05, 0.1) is 33.9 Å². The number of carbonyl (C=O) groups excluding carboxylic acids is 1. The smallest absolute Gasteiger partial charge is 0.261 e. The summed E-state index contributed by atoms with van der Waals surface area (Å²) in [6, 6.07) is 5.44. The second-order valence-electron chi connectivity index (χ2n) is 7.58. The Kier molecular flexibility index (Phi) is 6.71. The summed E-state index contributed by atoms with van der Waals surface area (Å²) in [5.41, 5.74) is 2.16. The number of fused-ring (bicyclic) bond motifs is 3. The van der Waals surface area contributed by atoms with Crippen molar-refractivity contribution in [3.8, 4) is 16.3 Å². The van der Waals surface area contributed by atoms with Crippen LogP contribution in [-0.4, -0.2) is 41.4 Å². The lowest BCUT2D eigenvalue weighted by Crippen LogP contribution is -2.49. The van der Waals surface area contributed by atoms with Gasteiger partial charge in [0.15, 0.2) is 16.7 Å². The minimum absolute atomic E-state index is 0. The van der Waals surface area contributed by atoms with E-state index in [1.54, 1.807) is 23.0 Å². The van der Waals surface area contributed by atoms with Gasteiger partial charge in [-0.3, -0.25) is 9.48 Å². The van der Waals surface area contributed by atoms with Gasteiger partial charge in [0.2, 0.25) is 0 Å². The Labute approximate surface area is 198 Å². The van der Waals surface area contributed by atoms with Crippen molar-refractivity contribution >= 4 is 41.3 Å². The van der Waals surface area contributed by atoms with E-state index in [-0.39, 0.29) is 30.3 Å². The van der Waals surface area contributed by atoms with E-state index in [4.69, 9.17) is 16.3 Å². The number of benzene rings is 1. The fraction of sp³-hybridized carbons (Fsp3) is 0.333. The van der Waals surface area contributed by atoms with Gasteiger partial charge in [0.1, 0.15) is 6.61 Å². The fourth-order valence-corrected chi connectivity index (χ4v) is 5.35. The molecule has 2 aliphatic rings. The van der Waals surface area contributed by atoms with E-state index in [0.717, 1.165) is 23.9 Å². The molecule has 6 nitrogen and oxygen atoms in total. The van der Waals surface area contributed by atoms with Gasteiger partial charge in [-0.05, 0) is 36.7 Å². The molecule has 2 N–H and O–H groups in total. The number of amides is 1. The molecule has 0 saturated carbocycles.